The summed E-state index contributed by atoms with van der Waals surface area (Å²) in [5.74, 6) is 2.55. The number of H-pyrrole nitrogens is 4. The second-order valence-electron chi connectivity index (χ2n) is 17.0. The van der Waals surface area contributed by atoms with Crippen molar-refractivity contribution in [1.29, 1.82) is 10.5 Å². The molecule has 10 aromatic rings. The molecule has 1 amide bonds. The van der Waals surface area contributed by atoms with Crippen LogP contribution in [0.5, 0.6) is 0 Å². The number of alkyl halides is 1. The van der Waals surface area contributed by atoms with Gasteiger partial charge in [0.15, 0.2) is 5.82 Å². The number of anilines is 5. The van der Waals surface area contributed by atoms with E-state index in [1.165, 1.54) is 0 Å². The van der Waals surface area contributed by atoms with E-state index in [2.05, 4.69) is 87.5 Å². The Labute approximate surface area is 465 Å². The molecular formula is C55H58IN19O3. The lowest BCUT2D eigenvalue weighted by Crippen LogP contribution is -2.36. The van der Waals surface area contributed by atoms with E-state index in [4.69, 9.17) is 32.8 Å². The molecular weight excluding hydrogens is 1100 g/mol. The summed E-state index contributed by atoms with van der Waals surface area (Å²) in [6.45, 7) is 6.16. The van der Waals surface area contributed by atoms with Gasteiger partial charge >= 0.3 is 0 Å². The summed E-state index contributed by atoms with van der Waals surface area (Å²) in [5.41, 5.74) is 22.4. The fourth-order valence-electron chi connectivity index (χ4n) is 8.31. The third-order valence-corrected chi connectivity index (χ3v) is 12.1. The fraction of sp³-hybridized carbons (Fsp3) is 0.218. The number of aromatic amines is 4. The number of fused-ring (bicyclic) bond motifs is 2. The van der Waals surface area contributed by atoms with Crippen molar-refractivity contribution in [3.8, 4) is 57.2 Å². The van der Waals surface area contributed by atoms with Gasteiger partial charge in [-0.3, -0.25) is 15.0 Å². The molecule has 2 saturated heterocycles. The number of aromatic nitrogens is 12. The van der Waals surface area contributed by atoms with Crippen molar-refractivity contribution in [2.75, 3.05) is 84.1 Å². The molecule has 0 bridgehead atoms. The average molecular weight is 1160 g/mol. The Kier molecular flexibility index (Phi) is 19.0. The molecule has 0 spiro atoms. The molecule has 23 heteroatoms. The van der Waals surface area contributed by atoms with Crippen LogP contribution in [-0.4, -0.2) is 124 Å². The van der Waals surface area contributed by atoms with E-state index < -0.39 is 0 Å². The number of pyridine rings is 2. The lowest BCUT2D eigenvalue weighted by atomic mass is 10.1. The number of nitrogens with two attached hydrogens (primary N) is 2. The zero-order valence-electron chi connectivity index (χ0n) is 41.7. The normalized spacial score (nSPS) is 12.8. The number of nitrogens with one attached hydrogen (secondary N) is 5. The fourth-order valence-corrected chi connectivity index (χ4v) is 8.31. The number of halogens is 1. The van der Waals surface area contributed by atoms with Crippen molar-refractivity contribution >= 4 is 79.5 Å². The first-order valence-electron chi connectivity index (χ1n) is 24.4. The number of nitrogen functional groups attached to an aromatic ring is 2. The van der Waals surface area contributed by atoms with Gasteiger partial charge in [0, 0.05) is 80.3 Å². The summed E-state index contributed by atoms with van der Waals surface area (Å²) >= 11 is 1.96. The third kappa shape index (κ3) is 13.8. The molecule has 2 aliphatic rings. The van der Waals surface area contributed by atoms with Gasteiger partial charge in [-0.15, -0.1) is 0 Å². The smallest absolute Gasteiger partial charge is 0.229 e. The maximum absolute atomic E-state index is 12.6. The van der Waals surface area contributed by atoms with Crippen LogP contribution < -0.4 is 26.6 Å². The van der Waals surface area contributed by atoms with Gasteiger partial charge in [0.25, 0.3) is 0 Å². The number of amides is 1. The molecule has 78 heavy (non-hydrogen) atoms. The molecule has 0 unspecified atom stereocenters. The van der Waals surface area contributed by atoms with Crippen molar-refractivity contribution in [3.63, 3.8) is 0 Å². The molecule has 398 valence electrons. The molecule has 2 aromatic carbocycles. The van der Waals surface area contributed by atoms with E-state index in [1.807, 2.05) is 83.3 Å². The van der Waals surface area contributed by atoms with Crippen molar-refractivity contribution in [1.82, 2.24) is 60.3 Å². The number of carbonyl (C=O) groups excluding carboxylic acids is 1. The lowest BCUT2D eigenvalue weighted by molar-refractivity contribution is -0.115. The Morgan fingerprint density at radius 3 is 1.55 bits per heavy atom. The highest BCUT2D eigenvalue weighted by atomic mass is 127. The van der Waals surface area contributed by atoms with Crippen LogP contribution in [0, 0.1) is 22.7 Å². The van der Waals surface area contributed by atoms with Crippen molar-refractivity contribution in [3.05, 3.63) is 139 Å². The first-order valence-corrected chi connectivity index (χ1v) is 25.2. The van der Waals surface area contributed by atoms with Crippen LogP contribution in [-0.2, 0) is 20.7 Å². The number of carbonyl (C=O) groups is 1. The highest BCUT2D eigenvalue weighted by Gasteiger charge is 2.20. The number of ether oxygens (including phenoxy) is 2. The van der Waals surface area contributed by atoms with Gasteiger partial charge in [0.1, 0.15) is 64.9 Å². The number of rotatable bonds is 9. The number of nitrogens with zero attached hydrogens (tertiary/aromatic N) is 12. The summed E-state index contributed by atoms with van der Waals surface area (Å²) in [4.78, 5) is 50.0. The summed E-state index contributed by atoms with van der Waals surface area (Å²) < 4.78 is 17.1. The van der Waals surface area contributed by atoms with Crippen LogP contribution in [0.25, 0.3) is 67.1 Å². The Hall–Kier alpha value is -9.30. The van der Waals surface area contributed by atoms with Crippen LogP contribution in [0.4, 0.5) is 29.0 Å². The summed E-state index contributed by atoms with van der Waals surface area (Å²) in [7, 11) is 0. The van der Waals surface area contributed by atoms with Crippen LogP contribution in [0.2, 0.25) is 0 Å². The van der Waals surface area contributed by atoms with E-state index in [0.717, 1.165) is 124 Å². The minimum Gasteiger partial charge on any atom is -0.399 e. The average Bonchev–Trinajstić information content (AvgIpc) is 4.44. The Morgan fingerprint density at radius 2 is 1.10 bits per heavy atom. The molecule has 0 radical (unpaired) electrons. The highest BCUT2D eigenvalue weighted by molar-refractivity contribution is 14.1. The number of benzene rings is 2. The maximum Gasteiger partial charge on any atom is 0.229 e. The lowest BCUT2D eigenvalue weighted by Gasteiger charge is -2.27. The van der Waals surface area contributed by atoms with Crippen LogP contribution in [0.1, 0.15) is 33.2 Å². The van der Waals surface area contributed by atoms with Crippen molar-refractivity contribution < 1.29 is 15.6 Å². The Balaban J connectivity index is 0.000000185. The zero-order valence-corrected chi connectivity index (χ0v) is 42.9. The molecule has 0 saturated carbocycles. The standard InChI is InChI=1S/C27H23N9O2.C16H17N5O.C9H7N5.CH3I.2CH4/c28-14-20-6-5-19(15-29-20)23-13-24(35-34-23)33-25(37)11-17-1-3-18(4-2-17)22-12-21-26(32-22)30-16-31-27(21)36-7-9-38-10-8-36;17-12-3-1-11(2-4-12)14-9-13-15(20-14)18-10-19-16(13)21-5-7-22-8-6-21;10-4-7-2-1-6(5-12-7)8-3-9(11)14-13-8;1-2;;/h1-6,12-13,15-16H,7-11H2,(H,30,31,32)(H2,33,34,35,37);1-4,9-10H,5-8,17H2,(H,18,19,20);1-3,5H,(H3,11,13,14);1H3;2*1H4/i;;;1D;;. The number of nitriles is 2. The van der Waals surface area contributed by atoms with E-state index in [0.29, 0.717) is 46.8 Å². The number of hydrogen-bond acceptors (Lipinski definition) is 17. The van der Waals surface area contributed by atoms with Crippen LogP contribution in [0.3, 0.4) is 0 Å². The minimum atomic E-state index is -0.176. The van der Waals surface area contributed by atoms with E-state index in [9.17, 15) is 4.79 Å². The van der Waals surface area contributed by atoms with Gasteiger partial charge < -0.3 is 46.0 Å². The second-order valence-corrected chi connectivity index (χ2v) is 17.0. The van der Waals surface area contributed by atoms with E-state index >= 15 is 0 Å². The number of hydrogen-bond donors (Lipinski definition) is 7. The molecule has 0 aliphatic carbocycles. The zero-order chi connectivity index (χ0) is 53.5. The van der Waals surface area contributed by atoms with Crippen molar-refractivity contribution in [2.24, 2.45) is 0 Å². The van der Waals surface area contributed by atoms with Crippen molar-refractivity contribution in [2.45, 2.75) is 21.3 Å². The third-order valence-electron chi connectivity index (χ3n) is 12.1. The largest absolute Gasteiger partial charge is 0.399 e. The predicted octanol–water partition coefficient (Wildman–Crippen LogP) is 8.59. The molecule has 10 heterocycles. The molecule has 22 nitrogen and oxygen atoms in total. The van der Waals surface area contributed by atoms with Gasteiger partial charge in [-0.05, 0) is 70.1 Å². The van der Waals surface area contributed by atoms with Gasteiger partial charge in [-0.1, -0.05) is 73.8 Å². The Morgan fingerprint density at radius 1 is 0.641 bits per heavy atom. The monoisotopic (exact) mass is 1160 g/mol. The molecule has 9 N–H and O–H groups in total. The highest BCUT2D eigenvalue weighted by Crippen LogP contribution is 2.31. The van der Waals surface area contributed by atoms with Crippen LogP contribution >= 0.6 is 22.6 Å². The maximum atomic E-state index is 12.6. The SMILES string of the molecule is C.C.N#Cc1ccc(-c2cc(N)n[nH]2)cn1.N#Cc1ccc(-c2cc(NC(=O)Cc3ccc(-c4cc5c(N6CCOCC6)ncnc5[nH]4)cc3)n[nH]2)cn1.Nc1ccc(-c2cc3c(N4CCOCC4)ncnc3[nH]2)cc1.[2H]CI. The first kappa shape index (κ1) is 54.9. The van der Waals surface area contributed by atoms with E-state index in [-0.39, 0.29) is 27.2 Å². The number of morpholine rings is 2. The topological polar surface area (TPSA) is 320 Å². The van der Waals surface area contributed by atoms with E-state index in [1.54, 1.807) is 61.4 Å². The summed E-state index contributed by atoms with van der Waals surface area (Å²) in [6, 6.07) is 34.0. The summed E-state index contributed by atoms with van der Waals surface area (Å²) in [6.07, 6.45) is 6.59. The first-order chi connectivity index (χ1) is 37.7. The molecule has 0 atom stereocenters. The second kappa shape index (κ2) is 27.0. The predicted molar refractivity (Wildman–Crippen MR) is 312 cm³/mol. The molecule has 8 aromatic heterocycles. The quantitative estimate of drug-likeness (QED) is 0.0404. The summed E-state index contributed by atoms with van der Waals surface area (Å²) in [5, 5.41) is 35.9. The molecule has 2 fully saturated rings. The van der Waals surface area contributed by atoms with Gasteiger partial charge in [0.2, 0.25) is 5.91 Å². The minimum absolute atomic E-state index is 0. The van der Waals surface area contributed by atoms with Gasteiger partial charge in [-0.25, -0.2) is 29.9 Å². The van der Waals surface area contributed by atoms with Crippen LogP contribution in [0.15, 0.2) is 122 Å². The molecule has 12 rings (SSSR count). The Bertz CT molecular complexity index is 3630. The molecule has 2 aliphatic heterocycles. The van der Waals surface area contributed by atoms with Gasteiger partial charge in [-0.2, -0.15) is 20.7 Å². The van der Waals surface area contributed by atoms with Gasteiger partial charge in [0.05, 0.1) is 55.0 Å².